The number of likely N-dealkylation sites (N-methyl/N-ethyl adjacent to an activating group) is 1. The molecule has 6 heteroatoms. The van der Waals surface area contributed by atoms with Gasteiger partial charge in [0.1, 0.15) is 6.61 Å². The van der Waals surface area contributed by atoms with Crippen LogP contribution in [0, 0.1) is 0 Å². The van der Waals surface area contributed by atoms with Crippen molar-refractivity contribution in [2.45, 2.75) is 12.1 Å². The standard InChI is InChI=1S/C20H29N3O3/c1-21-6-8-23(9-7-21)17-12-22(13-18(17)24)11-15-10-16-4-3-5-19(25-2)20(16)26-14-15/h3-5,10,17-18,24H,6-9,11-14H2,1-2H3/t17-,18-/m1/s1. The Morgan fingerprint density at radius 2 is 2.00 bits per heavy atom. The Kier molecular flexibility index (Phi) is 5.18. The van der Waals surface area contributed by atoms with E-state index in [0.717, 1.165) is 62.9 Å². The normalized spacial score (nSPS) is 27.7. The second-order valence-electron chi connectivity index (χ2n) is 7.64. The summed E-state index contributed by atoms with van der Waals surface area (Å²) in [5.74, 6) is 1.61. The zero-order valence-corrected chi connectivity index (χ0v) is 15.7. The number of nitrogens with zero attached hydrogens (tertiary/aromatic N) is 3. The average Bonchev–Trinajstić information content (AvgIpc) is 3.01. The number of rotatable bonds is 4. The minimum Gasteiger partial charge on any atom is -0.493 e. The molecule has 0 bridgehead atoms. The minimum absolute atomic E-state index is 0.251. The third kappa shape index (κ3) is 3.60. The molecule has 0 aromatic heterocycles. The molecule has 0 aliphatic carbocycles. The van der Waals surface area contributed by atoms with Crippen LogP contribution in [0.25, 0.3) is 6.08 Å². The number of para-hydroxylation sites is 1. The van der Waals surface area contributed by atoms with Gasteiger partial charge in [0.15, 0.2) is 11.5 Å². The van der Waals surface area contributed by atoms with Crippen molar-refractivity contribution >= 4 is 6.08 Å². The Labute approximate surface area is 155 Å². The number of benzene rings is 1. The number of aliphatic hydroxyl groups is 1. The summed E-state index contributed by atoms with van der Waals surface area (Å²) in [6.45, 7) is 7.35. The van der Waals surface area contributed by atoms with E-state index < -0.39 is 0 Å². The van der Waals surface area contributed by atoms with Gasteiger partial charge in [-0.05, 0) is 24.8 Å². The molecule has 1 N–H and O–H groups in total. The molecular formula is C20H29N3O3. The molecule has 0 saturated carbocycles. The van der Waals surface area contributed by atoms with Crippen LogP contribution in [0.1, 0.15) is 5.56 Å². The molecule has 2 saturated heterocycles. The van der Waals surface area contributed by atoms with Gasteiger partial charge in [0.05, 0.1) is 13.2 Å². The van der Waals surface area contributed by atoms with E-state index in [2.05, 4.69) is 33.9 Å². The summed E-state index contributed by atoms with van der Waals surface area (Å²) >= 11 is 0. The average molecular weight is 359 g/mol. The molecule has 1 aromatic rings. The monoisotopic (exact) mass is 359 g/mol. The maximum Gasteiger partial charge on any atom is 0.168 e. The minimum atomic E-state index is -0.268. The highest BCUT2D eigenvalue weighted by atomic mass is 16.5. The SMILES string of the molecule is COc1cccc2c1OCC(CN1C[C@@H](O)[C@H](N3CCN(C)CC3)C1)=C2. The zero-order valence-electron chi connectivity index (χ0n) is 15.7. The molecule has 3 aliphatic rings. The maximum atomic E-state index is 10.6. The van der Waals surface area contributed by atoms with Gasteiger partial charge < -0.3 is 19.5 Å². The number of likely N-dealkylation sites (tertiary alicyclic amines) is 1. The summed E-state index contributed by atoms with van der Waals surface area (Å²) in [4.78, 5) is 7.16. The summed E-state index contributed by atoms with van der Waals surface area (Å²) in [5.41, 5.74) is 2.32. The third-order valence-electron chi connectivity index (χ3n) is 5.76. The Hall–Kier alpha value is -1.60. The lowest BCUT2D eigenvalue weighted by Gasteiger charge is -2.37. The molecule has 26 heavy (non-hydrogen) atoms. The highest BCUT2D eigenvalue weighted by molar-refractivity contribution is 5.66. The quantitative estimate of drug-likeness (QED) is 0.857. The van der Waals surface area contributed by atoms with Gasteiger partial charge in [-0.1, -0.05) is 12.1 Å². The van der Waals surface area contributed by atoms with Crippen molar-refractivity contribution in [3.8, 4) is 11.5 Å². The number of hydrogen-bond acceptors (Lipinski definition) is 6. The molecule has 0 radical (unpaired) electrons. The van der Waals surface area contributed by atoms with Crippen molar-refractivity contribution < 1.29 is 14.6 Å². The van der Waals surface area contributed by atoms with E-state index in [4.69, 9.17) is 9.47 Å². The molecule has 1 aromatic carbocycles. The highest BCUT2D eigenvalue weighted by Gasteiger charge is 2.36. The lowest BCUT2D eigenvalue weighted by atomic mass is 10.1. The van der Waals surface area contributed by atoms with E-state index in [0.29, 0.717) is 6.61 Å². The first-order valence-corrected chi connectivity index (χ1v) is 9.46. The molecule has 2 atom stereocenters. The zero-order chi connectivity index (χ0) is 18.1. The van der Waals surface area contributed by atoms with E-state index in [9.17, 15) is 5.11 Å². The summed E-state index contributed by atoms with van der Waals surface area (Å²) in [6.07, 6.45) is 1.94. The van der Waals surface area contributed by atoms with Gasteiger partial charge in [-0.3, -0.25) is 9.80 Å². The first-order valence-electron chi connectivity index (χ1n) is 9.46. The Balaban J connectivity index is 1.40. The molecule has 0 amide bonds. The van der Waals surface area contributed by atoms with Gasteiger partial charge in [-0.15, -0.1) is 0 Å². The topological polar surface area (TPSA) is 48.4 Å². The van der Waals surface area contributed by atoms with Gasteiger partial charge >= 0.3 is 0 Å². The molecule has 2 fully saturated rings. The van der Waals surface area contributed by atoms with E-state index in [1.165, 1.54) is 5.57 Å². The molecule has 0 unspecified atom stereocenters. The lowest BCUT2D eigenvalue weighted by molar-refractivity contribution is 0.0512. The van der Waals surface area contributed by atoms with E-state index >= 15 is 0 Å². The van der Waals surface area contributed by atoms with Crippen molar-refractivity contribution in [2.75, 3.05) is 66.6 Å². The summed E-state index contributed by atoms with van der Waals surface area (Å²) < 4.78 is 11.3. The summed E-state index contributed by atoms with van der Waals surface area (Å²) in [5, 5.41) is 10.6. The largest absolute Gasteiger partial charge is 0.493 e. The number of ether oxygens (including phenoxy) is 2. The van der Waals surface area contributed by atoms with E-state index in [-0.39, 0.29) is 12.1 Å². The van der Waals surface area contributed by atoms with Crippen molar-refractivity contribution in [3.05, 3.63) is 29.3 Å². The van der Waals surface area contributed by atoms with Crippen molar-refractivity contribution in [1.82, 2.24) is 14.7 Å². The van der Waals surface area contributed by atoms with Crippen LogP contribution in [-0.2, 0) is 0 Å². The fourth-order valence-electron chi connectivity index (χ4n) is 4.26. The number of β-amino-alcohol motifs (C(OH)–C–C–N with tert-alkyl or cyclic N) is 1. The van der Waals surface area contributed by atoms with E-state index in [1.807, 2.05) is 12.1 Å². The molecule has 3 aliphatic heterocycles. The first-order chi connectivity index (χ1) is 12.6. The second kappa shape index (κ2) is 7.56. The fraction of sp³-hybridized carbons (Fsp3) is 0.600. The van der Waals surface area contributed by atoms with Crippen LogP contribution in [0.4, 0.5) is 0 Å². The van der Waals surface area contributed by atoms with Crippen LogP contribution < -0.4 is 9.47 Å². The van der Waals surface area contributed by atoms with Gasteiger partial charge in [-0.25, -0.2) is 0 Å². The number of fused-ring (bicyclic) bond motifs is 1. The molecule has 4 rings (SSSR count). The molecule has 142 valence electrons. The van der Waals surface area contributed by atoms with Crippen LogP contribution in [0.3, 0.4) is 0 Å². The van der Waals surface area contributed by atoms with Crippen molar-refractivity contribution in [1.29, 1.82) is 0 Å². The third-order valence-corrected chi connectivity index (χ3v) is 5.76. The first kappa shape index (κ1) is 17.8. The van der Waals surface area contributed by atoms with Gasteiger partial charge in [-0.2, -0.15) is 0 Å². The van der Waals surface area contributed by atoms with Gasteiger partial charge in [0.2, 0.25) is 0 Å². The smallest absolute Gasteiger partial charge is 0.168 e. The predicted octanol–water partition coefficient (Wildman–Crippen LogP) is 0.764. The number of aliphatic hydroxyl groups excluding tert-OH is 1. The summed E-state index contributed by atoms with van der Waals surface area (Å²) in [6, 6.07) is 6.22. The number of methoxy groups -OCH3 is 1. The summed E-state index contributed by atoms with van der Waals surface area (Å²) in [7, 11) is 3.83. The Morgan fingerprint density at radius 1 is 1.19 bits per heavy atom. The Morgan fingerprint density at radius 3 is 2.77 bits per heavy atom. The van der Waals surface area contributed by atoms with E-state index in [1.54, 1.807) is 7.11 Å². The van der Waals surface area contributed by atoms with Crippen LogP contribution in [0.15, 0.2) is 23.8 Å². The van der Waals surface area contributed by atoms with Gasteiger partial charge in [0.25, 0.3) is 0 Å². The maximum absolute atomic E-state index is 10.6. The predicted molar refractivity (Wildman–Crippen MR) is 102 cm³/mol. The van der Waals surface area contributed by atoms with Crippen LogP contribution in [0.5, 0.6) is 11.5 Å². The number of hydrogen-bond donors (Lipinski definition) is 1. The molecule has 3 heterocycles. The lowest BCUT2D eigenvalue weighted by Crippen LogP contribution is -2.52. The van der Waals surface area contributed by atoms with Crippen LogP contribution in [-0.4, -0.2) is 98.5 Å². The highest BCUT2D eigenvalue weighted by Crippen LogP contribution is 2.35. The van der Waals surface area contributed by atoms with Crippen LogP contribution >= 0.6 is 0 Å². The Bertz CT molecular complexity index is 670. The second-order valence-corrected chi connectivity index (χ2v) is 7.64. The molecule has 0 spiro atoms. The molecule has 6 nitrogen and oxygen atoms in total. The number of piperazine rings is 1. The fourth-order valence-corrected chi connectivity index (χ4v) is 4.26. The van der Waals surface area contributed by atoms with Crippen LogP contribution in [0.2, 0.25) is 0 Å². The van der Waals surface area contributed by atoms with Gasteiger partial charge in [0, 0.05) is 57.4 Å². The van der Waals surface area contributed by atoms with Crippen molar-refractivity contribution in [3.63, 3.8) is 0 Å². The van der Waals surface area contributed by atoms with Crippen molar-refractivity contribution in [2.24, 2.45) is 0 Å². The molecular weight excluding hydrogens is 330 g/mol.